The average molecular weight is 228 g/mol. The van der Waals surface area contributed by atoms with Crippen LogP contribution >= 0.6 is 0 Å². The molecule has 1 aliphatic rings. The number of nitrogens with zero attached hydrogens (tertiary/aromatic N) is 2. The van der Waals surface area contributed by atoms with Gasteiger partial charge in [0.25, 0.3) is 0 Å². The van der Waals surface area contributed by atoms with Crippen molar-refractivity contribution in [2.45, 2.75) is 26.7 Å². The van der Waals surface area contributed by atoms with Gasteiger partial charge in [-0.1, -0.05) is 13.3 Å². The third-order valence-corrected chi connectivity index (χ3v) is 2.71. The zero-order valence-electron chi connectivity index (χ0n) is 10.1. The Morgan fingerprint density at radius 1 is 1.12 bits per heavy atom. The Balaban J connectivity index is 2.25. The molecule has 2 amide bonds. The molecule has 1 heterocycles. The molecule has 0 radical (unpaired) electrons. The van der Waals surface area contributed by atoms with Gasteiger partial charge in [-0.05, 0) is 6.42 Å². The topological polar surface area (TPSA) is 49.9 Å². The van der Waals surface area contributed by atoms with E-state index < -0.39 is 0 Å². The minimum atomic E-state index is -0.253. The average Bonchev–Trinajstić information content (AvgIpc) is 2.29. The van der Waals surface area contributed by atoms with Gasteiger partial charge in [-0.2, -0.15) is 0 Å². The zero-order valence-corrected chi connectivity index (χ0v) is 10.1. The highest BCUT2D eigenvalue weighted by Gasteiger charge is 2.22. The Labute approximate surface area is 96.3 Å². The normalized spacial score (nSPS) is 16.1. The lowest BCUT2D eigenvalue weighted by Gasteiger charge is -2.33. The number of hydrogen-bond donors (Lipinski definition) is 0. The van der Waals surface area contributed by atoms with Gasteiger partial charge in [-0.3, -0.25) is 4.79 Å². The highest BCUT2D eigenvalue weighted by molar-refractivity contribution is 5.74. The molecule has 1 rings (SSSR count). The van der Waals surface area contributed by atoms with Crippen molar-refractivity contribution in [1.29, 1.82) is 0 Å². The molecule has 92 valence electrons. The number of piperazine rings is 1. The highest BCUT2D eigenvalue weighted by Crippen LogP contribution is 2.04. The maximum absolute atomic E-state index is 11.5. The van der Waals surface area contributed by atoms with E-state index in [-0.39, 0.29) is 12.0 Å². The number of unbranched alkanes of at least 4 members (excludes halogenated alkanes) is 1. The van der Waals surface area contributed by atoms with Gasteiger partial charge in [0.2, 0.25) is 5.91 Å². The molecule has 5 nitrogen and oxygen atoms in total. The molecular formula is C11H20N2O3. The summed E-state index contributed by atoms with van der Waals surface area (Å²) >= 11 is 0. The van der Waals surface area contributed by atoms with Crippen LogP contribution in [0.5, 0.6) is 0 Å². The first kappa shape index (κ1) is 12.8. The summed E-state index contributed by atoms with van der Waals surface area (Å²) in [5, 5.41) is 0. The summed E-state index contributed by atoms with van der Waals surface area (Å²) in [5.74, 6) is 0.0685. The molecular weight excluding hydrogens is 208 g/mol. The first-order valence-electron chi connectivity index (χ1n) is 5.82. The summed E-state index contributed by atoms with van der Waals surface area (Å²) in [6.45, 7) is 6.46. The van der Waals surface area contributed by atoms with Crippen molar-refractivity contribution in [1.82, 2.24) is 9.80 Å². The second-order valence-corrected chi connectivity index (χ2v) is 3.96. The van der Waals surface area contributed by atoms with Crippen LogP contribution in [0.15, 0.2) is 0 Å². The molecule has 0 aliphatic carbocycles. The van der Waals surface area contributed by atoms with Gasteiger partial charge < -0.3 is 14.5 Å². The van der Waals surface area contributed by atoms with Crippen molar-refractivity contribution in [2.75, 3.05) is 32.8 Å². The molecule has 1 saturated heterocycles. The summed E-state index contributed by atoms with van der Waals surface area (Å²) in [4.78, 5) is 26.0. The standard InChI is InChI=1S/C11H20N2O3/c1-3-4-9-16-11(15)13-7-5-12(6-8-13)10(2)14/h3-9H2,1-2H3. The first-order chi connectivity index (χ1) is 7.65. The summed E-state index contributed by atoms with van der Waals surface area (Å²) in [6, 6.07) is 0. The number of ether oxygens (including phenoxy) is 1. The van der Waals surface area contributed by atoms with Crippen LogP contribution in [0.2, 0.25) is 0 Å². The van der Waals surface area contributed by atoms with E-state index in [9.17, 15) is 9.59 Å². The smallest absolute Gasteiger partial charge is 0.409 e. The predicted octanol–water partition coefficient (Wildman–Crippen LogP) is 1.09. The third kappa shape index (κ3) is 3.72. The molecule has 0 aromatic carbocycles. The van der Waals surface area contributed by atoms with Gasteiger partial charge in [0.15, 0.2) is 0 Å². The van der Waals surface area contributed by atoms with Gasteiger partial charge in [0.1, 0.15) is 0 Å². The Hall–Kier alpha value is -1.26. The largest absolute Gasteiger partial charge is 0.449 e. The monoisotopic (exact) mass is 228 g/mol. The lowest BCUT2D eigenvalue weighted by Crippen LogP contribution is -2.50. The van der Waals surface area contributed by atoms with E-state index >= 15 is 0 Å². The highest BCUT2D eigenvalue weighted by atomic mass is 16.6. The fraction of sp³-hybridized carbons (Fsp3) is 0.818. The molecule has 0 atom stereocenters. The molecule has 5 heteroatoms. The van der Waals surface area contributed by atoms with Crippen molar-refractivity contribution in [2.24, 2.45) is 0 Å². The minimum absolute atomic E-state index is 0.0685. The van der Waals surface area contributed by atoms with Crippen LogP contribution in [0, 0.1) is 0 Å². The quantitative estimate of drug-likeness (QED) is 0.679. The van der Waals surface area contributed by atoms with Gasteiger partial charge in [-0.15, -0.1) is 0 Å². The maximum atomic E-state index is 11.5. The van der Waals surface area contributed by atoms with E-state index in [0.717, 1.165) is 12.8 Å². The van der Waals surface area contributed by atoms with Crippen molar-refractivity contribution in [3.63, 3.8) is 0 Å². The van der Waals surface area contributed by atoms with Crippen LogP contribution in [0.3, 0.4) is 0 Å². The molecule has 1 aliphatic heterocycles. The van der Waals surface area contributed by atoms with Gasteiger partial charge in [0.05, 0.1) is 6.61 Å². The Morgan fingerprint density at radius 2 is 1.69 bits per heavy atom. The fourth-order valence-electron chi connectivity index (χ4n) is 1.60. The van der Waals surface area contributed by atoms with Crippen LogP contribution in [0.4, 0.5) is 4.79 Å². The summed E-state index contributed by atoms with van der Waals surface area (Å²) in [5.41, 5.74) is 0. The zero-order chi connectivity index (χ0) is 12.0. The van der Waals surface area contributed by atoms with Gasteiger partial charge in [-0.25, -0.2) is 4.79 Å². The van der Waals surface area contributed by atoms with Crippen molar-refractivity contribution in [3.05, 3.63) is 0 Å². The number of carbonyl (C=O) groups excluding carboxylic acids is 2. The summed E-state index contributed by atoms with van der Waals surface area (Å²) < 4.78 is 5.10. The van der Waals surface area contributed by atoms with E-state index in [1.165, 1.54) is 0 Å². The molecule has 0 N–H and O–H groups in total. The van der Waals surface area contributed by atoms with E-state index in [4.69, 9.17) is 4.74 Å². The van der Waals surface area contributed by atoms with Crippen molar-refractivity contribution >= 4 is 12.0 Å². The molecule has 1 fully saturated rings. The molecule has 0 aromatic rings. The Kier molecular flexibility index (Phi) is 5.08. The van der Waals surface area contributed by atoms with Crippen LogP contribution in [-0.2, 0) is 9.53 Å². The van der Waals surface area contributed by atoms with E-state index in [1.54, 1.807) is 16.7 Å². The van der Waals surface area contributed by atoms with Crippen molar-refractivity contribution in [3.8, 4) is 0 Å². The van der Waals surface area contributed by atoms with E-state index in [0.29, 0.717) is 32.8 Å². The number of hydrogen-bond acceptors (Lipinski definition) is 3. The van der Waals surface area contributed by atoms with E-state index in [2.05, 4.69) is 6.92 Å². The van der Waals surface area contributed by atoms with Crippen LogP contribution in [-0.4, -0.2) is 54.6 Å². The second-order valence-electron chi connectivity index (χ2n) is 3.96. The maximum Gasteiger partial charge on any atom is 0.409 e. The molecule has 0 unspecified atom stereocenters. The fourth-order valence-corrected chi connectivity index (χ4v) is 1.60. The van der Waals surface area contributed by atoms with Gasteiger partial charge in [0, 0.05) is 33.1 Å². The Morgan fingerprint density at radius 3 is 2.19 bits per heavy atom. The number of rotatable bonds is 3. The summed E-state index contributed by atoms with van der Waals surface area (Å²) in [7, 11) is 0. The second kappa shape index (κ2) is 6.35. The van der Waals surface area contributed by atoms with Crippen LogP contribution in [0.1, 0.15) is 26.7 Å². The lowest BCUT2D eigenvalue weighted by atomic mass is 10.3. The third-order valence-electron chi connectivity index (χ3n) is 2.71. The molecule has 0 bridgehead atoms. The number of amides is 2. The lowest BCUT2D eigenvalue weighted by molar-refractivity contribution is -0.130. The molecule has 0 spiro atoms. The predicted molar refractivity (Wildman–Crippen MR) is 60.1 cm³/mol. The minimum Gasteiger partial charge on any atom is -0.449 e. The number of carbonyl (C=O) groups is 2. The molecule has 16 heavy (non-hydrogen) atoms. The first-order valence-corrected chi connectivity index (χ1v) is 5.82. The van der Waals surface area contributed by atoms with Crippen molar-refractivity contribution < 1.29 is 14.3 Å². The summed E-state index contributed by atoms with van der Waals surface area (Å²) in [6.07, 6.45) is 1.67. The Bertz CT molecular complexity index is 248. The molecule has 0 aromatic heterocycles. The SMILES string of the molecule is CCCCOC(=O)N1CCN(C(C)=O)CC1. The van der Waals surface area contributed by atoms with Gasteiger partial charge >= 0.3 is 6.09 Å². The van der Waals surface area contributed by atoms with E-state index in [1.807, 2.05) is 0 Å². The van der Waals surface area contributed by atoms with Crippen LogP contribution in [0.25, 0.3) is 0 Å². The molecule has 0 saturated carbocycles. The van der Waals surface area contributed by atoms with Crippen LogP contribution < -0.4 is 0 Å².